The van der Waals surface area contributed by atoms with Crippen molar-refractivity contribution in [3.63, 3.8) is 0 Å². The minimum atomic E-state index is -4.32. The van der Waals surface area contributed by atoms with Gasteiger partial charge in [0.05, 0.1) is 16.6 Å². The average molecular weight is 405 g/mol. The average Bonchev–Trinajstić information content (AvgIpc) is 3.50. The van der Waals surface area contributed by atoms with Crippen molar-refractivity contribution in [1.82, 2.24) is 15.0 Å². The van der Waals surface area contributed by atoms with Crippen LogP contribution in [0.25, 0.3) is 12.3 Å². The lowest BCUT2D eigenvalue weighted by atomic mass is 10.2. The van der Waals surface area contributed by atoms with Crippen LogP contribution in [0, 0.1) is 0 Å². The van der Waals surface area contributed by atoms with E-state index in [9.17, 15) is 13.2 Å². The molecule has 7 heteroatoms. The van der Waals surface area contributed by atoms with Crippen molar-refractivity contribution in [2.24, 2.45) is 0 Å². The number of benzene rings is 1. The quantitative estimate of drug-likeness (QED) is 0.688. The molecule has 0 aliphatic heterocycles. The number of halogens is 3. The van der Waals surface area contributed by atoms with E-state index in [2.05, 4.69) is 10.0 Å². The van der Waals surface area contributed by atoms with E-state index >= 15 is 0 Å². The standard InChI is InChI=1S/C21H22F3N3S/c1-2-3-4-15-5-8-18(13-25-17-9-10-17)27-20(15)14-26-28-19-11-6-16(7-12-19)21(22,23)24/h2-8,11-12,14,17,25-26H,9-10,13H2,1H3/b3-2-,15-4-,20-14-. The van der Waals surface area contributed by atoms with Crippen molar-refractivity contribution >= 4 is 24.2 Å². The zero-order valence-electron chi connectivity index (χ0n) is 15.5. The number of alkyl halides is 3. The number of nitrogens with zero attached hydrogens (tertiary/aromatic N) is 1. The molecule has 1 aromatic carbocycles. The van der Waals surface area contributed by atoms with Gasteiger partial charge in [0.2, 0.25) is 0 Å². The van der Waals surface area contributed by atoms with E-state index in [1.54, 1.807) is 6.20 Å². The number of aromatic nitrogens is 1. The van der Waals surface area contributed by atoms with E-state index in [1.165, 1.54) is 36.9 Å². The Morgan fingerprint density at radius 1 is 1.14 bits per heavy atom. The van der Waals surface area contributed by atoms with Gasteiger partial charge >= 0.3 is 6.18 Å². The predicted octanol–water partition coefficient (Wildman–Crippen LogP) is 3.74. The normalized spacial score (nSPS) is 16.1. The third-order valence-electron chi connectivity index (χ3n) is 4.19. The first-order chi connectivity index (χ1) is 13.5. The number of hydrogen-bond donors (Lipinski definition) is 2. The van der Waals surface area contributed by atoms with Gasteiger partial charge in [-0.3, -0.25) is 0 Å². The van der Waals surface area contributed by atoms with Gasteiger partial charge in [-0.1, -0.05) is 24.3 Å². The van der Waals surface area contributed by atoms with Crippen LogP contribution in [-0.4, -0.2) is 11.0 Å². The van der Waals surface area contributed by atoms with Crippen molar-refractivity contribution in [3.05, 3.63) is 70.4 Å². The van der Waals surface area contributed by atoms with Gasteiger partial charge in [-0.05, 0) is 62.0 Å². The molecule has 0 unspecified atom stereocenters. The molecule has 148 valence electrons. The molecule has 1 saturated carbocycles. The van der Waals surface area contributed by atoms with Crippen LogP contribution in [0.4, 0.5) is 13.2 Å². The number of rotatable bonds is 7. The lowest BCUT2D eigenvalue weighted by Crippen LogP contribution is -2.31. The van der Waals surface area contributed by atoms with Crippen LogP contribution in [0.3, 0.4) is 0 Å². The highest BCUT2D eigenvalue weighted by molar-refractivity contribution is 7.97. The smallest absolute Gasteiger partial charge is 0.330 e. The lowest BCUT2D eigenvalue weighted by molar-refractivity contribution is -0.137. The lowest BCUT2D eigenvalue weighted by Gasteiger charge is -2.07. The van der Waals surface area contributed by atoms with Crippen molar-refractivity contribution in [1.29, 1.82) is 0 Å². The molecule has 1 heterocycles. The summed E-state index contributed by atoms with van der Waals surface area (Å²) in [5.74, 6) is 0. The monoisotopic (exact) mass is 405 g/mol. The third kappa shape index (κ3) is 6.14. The van der Waals surface area contributed by atoms with Gasteiger partial charge in [-0.25, -0.2) is 4.98 Å². The second-order valence-corrected chi connectivity index (χ2v) is 7.42. The van der Waals surface area contributed by atoms with Crippen LogP contribution in [0.15, 0.2) is 53.4 Å². The van der Waals surface area contributed by atoms with Crippen molar-refractivity contribution in [3.8, 4) is 0 Å². The molecule has 3 rings (SSSR count). The van der Waals surface area contributed by atoms with E-state index in [0.717, 1.165) is 34.9 Å². The van der Waals surface area contributed by atoms with Crippen molar-refractivity contribution < 1.29 is 13.2 Å². The van der Waals surface area contributed by atoms with Gasteiger partial charge in [-0.15, -0.1) is 0 Å². The van der Waals surface area contributed by atoms with Gasteiger partial charge in [0.25, 0.3) is 0 Å². The van der Waals surface area contributed by atoms with Crippen LogP contribution in [0.1, 0.15) is 31.0 Å². The van der Waals surface area contributed by atoms with Gasteiger partial charge in [-0.2, -0.15) is 13.2 Å². The van der Waals surface area contributed by atoms with Crippen LogP contribution in [0.5, 0.6) is 0 Å². The highest BCUT2D eigenvalue weighted by Crippen LogP contribution is 2.30. The molecule has 0 radical (unpaired) electrons. The Kier molecular flexibility index (Phi) is 6.80. The Balaban J connectivity index is 1.73. The van der Waals surface area contributed by atoms with Gasteiger partial charge in [0, 0.05) is 28.9 Å². The maximum Gasteiger partial charge on any atom is 0.416 e. The van der Waals surface area contributed by atoms with E-state index < -0.39 is 11.7 Å². The van der Waals surface area contributed by atoms with Crippen LogP contribution in [-0.2, 0) is 12.7 Å². The summed E-state index contributed by atoms with van der Waals surface area (Å²) in [6.45, 7) is 2.67. The summed E-state index contributed by atoms with van der Waals surface area (Å²) in [6, 6.07) is 9.69. The highest BCUT2D eigenvalue weighted by atomic mass is 32.2. The zero-order valence-corrected chi connectivity index (χ0v) is 16.3. The second kappa shape index (κ2) is 9.30. The van der Waals surface area contributed by atoms with Gasteiger partial charge in [0.15, 0.2) is 0 Å². The van der Waals surface area contributed by atoms with Gasteiger partial charge in [0.1, 0.15) is 0 Å². The first-order valence-corrected chi connectivity index (χ1v) is 9.89. The Bertz CT molecular complexity index is 933. The van der Waals surface area contributed by atoms with E-state index in [4.69, 9.17) is 4.98 Å². The first-order valence-electron chi connectivity index (χ1n) is 9.08. The molecule has 1 aliphatic rings. The molecule has 3 nitrogen and oxygen atoms in total. The molecule has 0 atom stereocenters. The molecular weight excluding hydrogens is 383 g/mol. The van der Waals surface area contributed by atoms with Crippen molar-refractivity contribution in [2.45, 2.75) is 43.4 Å². The third-order valence-corrected chi connectivity index (χ3v) is 4.93. The summed E-state index contributed by atoms with van der Waals surface area (Å²) in [7, 11) is 0. The maximum atomic E-state index is 12.6. The Morgan fingerprint density at radius 3 is 2.54 bits per heavy atom. The van der Waals surface area contributed by atoms with E-state index in [-0.39, 0.29) is 0 Å². The number of hydrogen-bond acceptors (Lipinski definition) is 4. The minimum Gasteiger partial charge on any atom is -0.330 e. The summed E-state index contributed by atoms with van der Waals surface area (Å²) in [6.07, 6.45) is 5.75. The zero-order chi connectivity index (χ0) is 20.0. The molecule has 0 bridgehead atoms. The summed E-state index contributed by atoms with van der Waals surface area (Å²) in [5, 5.41) is 5.20. The molecule has 28 heavy (non-hydrogen) atoms. The van der Waals surface area contributed by atoms with Crippen LogP contribution in [0.2, 0.25) is 0 Å². The number of allylic oxidation sites excluding steroid dienone is 2. The Hall–Kier alpha value is -2.25. The fourth-order valence-electron chi connectivity index (χ4n) is 2.48. The number of pyridine rings is 1. The number of nitrogens with one attached hydrogen (secondary N) is 2. The van der Waals surface area contributed by atoms with Crippen LogP contribution >= 0.6 is 11.9 Å². The predicted molar refractivity (Wildman–Crippen MR) is 108 cm³/mol. The molecule has 1 fully saturated rings. The van der Waals surface area contributed by atoms with E-state index in [0.29, 0.717) is 10.9 Å². The fourth-order valence-corrected chi connectivity index (χ4v) is 3.06. The maximum absolute atomic E-state index is 12.6. The first kappa shape index (κ1) is 20.5. The fraction of sp³-hybridized carbons (Fsp3) is 0.286. The molecule has 0 spiro atoms. The van der Waals surface area contributed by atoms with Crippen molar-refractivity contribution in [2.75, 3.05) is 0 Å². The molecule has 0 saturated heterocycles. The highest BCUT2D eigenvalue weighted by Gasteiger charge is 2.29. The summed E-state index contributed by atoms with van der Waals surface area (Å²) < 4.78 is 41.0. The molecular formula is C21H22F3N3S. The summed E-state index contributed by atoms with van der Waals surface area (Å²) >= 11 is 1.24. The molecule has 0 amide bonds. The minimum absolute atomic E-state index is 0.608. The second-order valence-electron chi connectivity index (χ2n) is 6.51. The SMILES string of the molecule is C\C=C/C=c1/ccc(CNC2CC2)n/c1=C\NSc1ccc(C(F)(F)F)cc1. The Morgan fingerprint density at radius 2 is 1.89 bits per heavy atom. The van der Waals surface area contributed by atoms with Gasteiger partial charge < -0.3 is 10.0 Å². The van der Waals surface area contributed by atoms with E-state index in [1.807, 2.05) is 37.3 Å². The molecule has 2 N–H and O–H groups in total. The molecule has 2 aromatic rings. The Labute approximate surface area is 166 Å². The molecule has 1 aromatic heterocycles. The van der Waals surface area contributed by atoms with Crippen LogP contribution < -0.4 is 20.6 Å². The largest absolute Gasteiger partial charge is 0.416 e. The summed E-state index contributed by atoms with van der Waals surface area (Å²) in [5.41, 5.74) is 0.304. The summed E-state index contributed by atoms with van der Waals surface area (Å²) in [4.78, 5) is 5.38. The molecule has 1 aliphatic carbocycles. The topological polar surface area (TPSA) is 37.0 Å².